The van der Waals surface area contributed by atoms with Crippen LogP contribution in [0.15, 0.2) is 24.3 Å². The van der Waals surface area contributed by atoms with Crippen molar-refractivity contribution in [1.82, 2.24) is 0 Å². The van der Waals surface area contributed by atoms with E-state index in [1.807, 2.05) is 24.3 Å². The number of carbonyl (C=O) groups is 1. The van der Waals surface area contributed by atoms with Crippen LogP contribution in [-0.4, -0.2) is 27.3 Å². The van der Waals surface area contributed by atoms with E-state index >= 15 is 0 Å². The third kappa shape index (κ3) is 3.31. The molecule has 0 fully saturated rings. The van der Waals surface area contributed by atoms with E-state index in [4.69, 9.17) is 9.47 Å². The Morgan fingerprint density at radius 3 is 2.69 bits per heavy atom. The van der Waals surface area contributed by atoms with Gasteiger partial charge in [-0.15, -0.1) is 0 Å². The van der Waals surface area contributed by atoms with Gasteiger partial charge in [-0.05, 0) is 24.3 Å². The van der Waals surface area contributed by atoms with Crippen LogP contribution in [0, 0.1) is 0 Å². The Morgan fingerprint density at radius 1 is 1.25 bits per heavy atom. The van der Waals surface area contributed by atoms with Gasteiger partial charge in [0.05, 0.1) is 14.2 Å². The van der Waals surface area contributed by atoms with E-state index in [1.165, 1.54) is 0 Å². The summed E-state index contributed by atoms with van der Waals surface area (Å²) >= 11 is 0. The molecule has 0 aliphatic rings. The Bertz CT molecular complexity index is 371. The number of rotatable bonds is 6. The van der Waals surface area contributed by atoms with Crippen molar-refractivity contribution in [2.24, 2.45) is 0 Å². The van der Waals surface area contributed by atoms with Crippen LogP contribution in [0.4, 0.5) is 0 Å². The number of ether oxygens (including phenoxy) is 3. The molecule has 1 aromatic rings. The smallest absolute Gasteiger partial charge is 0.293 e. The fraction of sp³-hybridized carbons (Fsp3) is 0.250. The fourth-order valence-electron chi connectivity index (χ4n) is 1.24. The molecule has 0 saturated carbocycles. The van der Waals surface area contributed by atoms with Gasteiger partial charge in [0, 0.05) is 5.56 Å². The highest BCUT2D eigenvalue weighted by Crippen LogP contribution is 2.24. The van der Waals surface area contributed by atoms with Gasteiger partial charge in [-0.25, -0.2) is 0 Å². The number of hydrogen-bond acceptors (Lipinski definition) is 4. The van der Waals surface area contributed by atoms with Crippen molar-refractivity contribution >= 4 is 12.5 Å². The maximum atomic E-state index is 9.94. The Balaban J connectivity index is 2.82. The minimum Gasteiger partial charge on any atom is -0.497 e. The highest BCUT2D eigenvalue weighted by Gasteiger charge is 2.01. The molecule has 0 N–H and O–H groups in total. The van der Waals surface area contributed by atoms with Crippen molar-refractivity contribution in [3.8, 4) is 11.5 Å². The average Bonchev–Trinajstić information content (AvgIpc) is 2.34. The van der Waals surface area contributed by atoms with Gasteiger partial charge in [0.25, 0.3) is 6.47 Å². The van der Waals surface area contributed by atoms with E-state index in [0.717, 1.165) is 17.1 Å². The summed E-state index contributed by atoms with van der Waals surface area (Å²) in [4.78, 5) is 9.94. The largest absolute Gasteiger partial charge is 0.497 e. The van der Waals surface area contributed by atoms with Crippen molar-refractivity contribution in [1.29, 1.82) is 0 Å². The molecule has 16 heavy (non-hydrogen) atoms. The molecule has 4 nitrogen and oxygen atoms in total. The number of benzene rings is 1. The van der Waals surface area contributed by atoms with Gasteiger partial charge >= 0.3 is 0 Å². The number of hydrogen-bond donors (Lipinski definition) is 0. The molecule has 1 aromatic carbocycles. The lowest BCUT2D eigenvalue weighted by Crippen LogP contribution is -1.90. The predicted octanol–water partition coefficient (Wildman–Crippen LogP) is 1.89. The zero-order chi connectivity index (χ0) is 11.8. The van der Waals surface area contributed by atoms with E-state index in [2.05, 4.69) is 4.74 Å². The molecule has 1 rings (SSSR count). The minimum absolute atomic E-state index is 0.240. The number of carbonyl (C=O) groups excluding carboxylic acids is 1. The Kier molecular flexibility index (Phi) is 4.92. The first-order valence-electron chi connectivity index (χ1n) is 4.75. The lowest BCUT2D eigenvalue weighted by molar-refractivity contribution is -0.127. The van der Waals surface area contributed by atoms with Gasteiger partial charge in [0.1, 0.15) is 18.1 Å². The molecule has 0 aliphatic carbocycles. The van der Waals surface area contributed by atoms with E-state index in [-0.39, 0.29) is 6.61 Å². The second kappa shape index (κ2) is 6.50. The molecule has 86 valence electrons. The Labute approximate surface area is 94.4 Å². The first-order valence-corrected chi connectivity index (χ1v) is 4.75. The molecule has 0 saturated heterocycles. The molecule has 0 unspecified atom stereocenters. The first kappa shape index (κ1) is 12.1. The molecule has 0 aliphatic heterocycles. The summed E-state index contributed by atoms with van der Waals surface area (Å²) in [5.74, 6) is 1.49. The molecule has 0 radical (unpaired) electrons. The molecule has 0 amide bonds. The van der Waals surface area contributed by atoms with Crippen molar-refractivity contribution in [3.05, 3.63) is 29.8 Å². The Hall–Kier alpha value is -1.97. The van der Waals surface area contributed by atoms with Crippen molar-refractivity contribution in [3.63, 3.8) is 0 Å². The second-order valence-corrected chi connectivity index (χ2v) is 2.94. The zero-order valence-electron chi connectivity index (χ0n) is 9.30. The molecule has 0 aromatic heterocycles. The summed E-state index contributed by atoms with van der Waals surface area (Å²) in [6.45, 7) is 0.650. The summed E-state index contributed by atoms with van der Waals surface area (Å²) in [6.07, 6.45) is 3.54. The topological polar surface area (TPSA) is 44.8 Å². The van der Waals surface area contributed by atoms with E-state index in [0.29, 0.717) is 6.47 Å². The lowest BCUT2D eigenvalue weighted by Gasteiger charge is -2.06. The highest BCUT2D eigenvalue weighted by molar-refractivity contribution is 5.59. The van der Waals surface area contributed by atoms with Crippen LogP contribution in [0.2, 0.25) is 0 Å². The molecule has 0 heterocycles. The van der Waals surface area contributed by atoms with Gasteiger partial charge in [-0.2, -0.15) is 0 Å². The SMILES string of the molecule is COc1ccc(OC)c(C=CCOC=O)c1. The summed E-state index contributed by atoms with van der Waals surface area (Å²) in [5.41, 5.74) is 0.872. The van der Waals surface area contributed by atoms with Gasteiger partial charge in [0.2, 0.25) is 0 Å². The van der Waals surface area contributed by atoms with Gasteiger partial charge in [-0.1, -0.05) is 6.08 Å². The third-order valence-corrected chi connectivity index (χ3v) is 1.99. The van der Waals surface area contributed by atoms with Crippen LogP contribution in [0.5, 0.6) is 11.5 Å². The second-order valence-electron chi connectivity index (χ2n) is 2.94. The summed E-state index contributed by atoms with van der Waals surface area (Å²) in [7, 11) is 3.20. The van der Waals surface area contributed by atoms with E-state index in [1.54, 1.807) is 20.3 Å². The average molecular weight is 222 g/mol. The minimum atomic E-state index is 0.240. The van der Waals surface area contributed by atoms with E-state index < -0.39 is 0 Å². The third-order valence-electron chi connectivity index (χ3n) is 1.99. The molecule has 0 spiro atoms. The maximum Gasteiger partial charge on any atom is 0.293 e. The molecular formula is C12H14O4. The number of methoxy groups -OCH3 is 2. The van der Waals surface area contributed by atoms with Crippen molar-refractivity contribution in [2.45, 2.75) is 0 Å². The monoisotopic (exact) mass is 222 g/mol. The zero-order valence-corrected chi connectivity index (χ0v) is 9.30. The lowest BCUT2D eigenvalue weighted by atomic mass is 10.1. The highest BCUT2D eigenvalue weighted by atomic mass is 16.5. The van der Waals surface area contributed by atoms with E-state index in [9.17, 15) is 4.79 Å². The Morgan fingerprint density at radius 2 is 2.06 bits per heavy atom. The van der Waals surface area contributed by atoms with Crippen LogP contribution in [0.25, 0.3) is 6.08 Å². The van der Waals surface area contributed by atoms with Gasteiger partial charge in [0.15, 0.2) is 0 Å². The fourth-order valence-corrected chi connectivity index (χ4v) is 1.24. The summed E-state index contributed by atoms with van der Waals surface area (Å²) in [6, 6.07) is 5.48. The standard InChI is InChI=1S/C12H14O4/c1-14-11-5-6-12(15-2)10(8-11)4-3-7-16-9-13/h3-6,8-9H,7H2,1-2H3. The first-order chi connectivity index (χ1) is 7.81. The molecular weight excluding hydrogens is 208 g/mol. The molecule has 0 atom stereocenters. The van der Waals surface area contributed by atoms with Crippen LogP contribution in [-0.2, 0) is 9.53 Å². The quantitative estimate of drug-likeness (QED) is 0.544. The normalized spacial score (nSPS) is 10.1. The van der Waals surface area contributed by atoms with Crippen LogP contribution in [0.1, 0.15) is 5.56 Å². The molecule has 0 bridgehead atoms. The summed E-state index contributed by atoms with van der Waals surface area (Å²) < 4.78 is 14.8. The molecule has 4 heteroatoms. The summed E-state index contributed by atoms with van der Waals surface area (Å²) in [5, 5.41) is 0. The van der Waals surface area contributed by atoms with Gasteiger partial charge < -0.3 is 14.2 Å². The predicted molar refractivity (Wildman–Crippen MR) is 60.6 cm³/mol. The van der Waals surface area contributed by atoms with Crippen LogP contribution < -0.4 is 9.47 Å². The maximum absolute atomic E-state index is 9.94. The van der Waals surface area contributed by atoms with Crippen LogP contribution in [0.3, 0.4) is 0 Å². The van der Waals surface area contributed by atoms with Crippen molar-refractivity contribution in [2.75, 3.05) is 20.8 Å². The van der Waals surface area contributed by atoms with Crippen molar-refractivity contribution < 1.29 is 19.0 Å². The van der Waals surface area contributed by atoms with Crippen LogP contribution >= 0.6 is 0 Å². The van der Waals surface area contributed by atoms with Gasteiger partial charge in [-0.3, -0.25) is 4.79 Å².